The van der Waals surface area contributed by atoms with E-state index in [0.29, 0.717) is 37.6 Å². The molecule has 1 N–H and O–H groups in total. The Morgan fingerprint density at radius 2 is 1.56 bits per heavy atom. The van der Waals surface area contributed by atoms with Crippen LogP contribution in [0.15, 0.2) is 54.6 Å². The van der Waals surface area contributed by atoms with Gasteiger partial charge in [0.05, 0.1) is 5.69 Å². The summed E-state index contributed by atoms with van der Waals surface area (Å²) in [4.78, 5) is 27.8. The molecule has 0 atom stereocenters. The normalized spacial score (nSPS) is 14.3. The van der Waals surface area contributed by atoms with E-state index in [1.165, 1.54) is 6.07 Å². The molecule has 0 radical (unpaired) electrons. The van der Waals surface area contributed by atoms with E-state index in [2.05, 4.69) is 5.32 Å². The molecule has 2 aromatic rings. The Kier molecular flexibility index (Phi) is 5.28. The van der Waals surface area contributed by atoms with Gasteiger partial charge < -0.3 is 15.1 Å². The van der Waals surface area contributed by atoms with E-state index in [4.69, 9.17) is 0 Å². The maximum absolute atomic E-state index is 13.8. The van der Waals surface area contributed by atoms with Crippen molar-refractivity contribution < 1.29 is 14.0 Å². The molecule has 25 heavy (non-hydrogen) atoms. The Bertz CT molecular complexity index is 743. The predicted octanol–water partition coefficient (Wildman–Crippen LogP) is 2.50. The van der Waals surface area contributed by atoms with Crippen LogP contribution >= 0.6 is 0 Å². The first-order valence-corrected chi connectivity index (χ1v) is 8.25. The van der Waals surface area contributed by atoms with Crippen molar-refractivity contribution >= 4 is 23.2 Å². The predicted molar refractivity (Wildman–Crippen MR) is 94.9 cm³/mol. The third-order valence-electron chi connectivity index (χ3n) is 4.19. The van der Waals surface area contributed by atoms with Gasteiger partial charge in [-0.2, -0.15) is 0 Å². The summed E-state index contributed by atoms with van der Waals surface area (Å²) in [5.41, 5.74) is 1.22. The molecule has 1 heterocycles. The van der Waals surface area contributed by atoms with E-state index in [1.807, 2.05) is 23.1 Å². The van der Waals surface area contributed by atoms with Crippen LogP contribution in [0.1, 0.15) is 6.42 Å². The van der Waals surface area contributed by atoms with Gasteiger partial charge in [0.15, 0.2) is 0 Å². The van der Waals surface area contributed by atoms with Gasteiger partial charge in [0.25, 0.3) is 0 Å². The SMILES string of the molecule is O=C(CC(=O)N1CCN(c2ccccc2F)CC1)Nc1ccccc1. The number of anilines is 2. The van der Waals surface area contributed by atoms with Gasteiger partial charge >= 0.3 is 0 Å². The maximum Gasteiger partial charge on any atom is 0.233 e. The molecule has 0 aromatic heterocycles. The van der Waals surface area contributed by atoms with Crippen LogP contribution in [0.3, 0.4) is 0 Å². The van der Waals surface area contributed by atoms with Gasteiger partial charge in [-0.25, -0.2) is 4.39 Å². The van der Waals surface area contributed by atoms with Crippen molar-refractivity contribution in [1.29, 1.82) is 0 Å². The summed E-state index contributed by atoms with van der Waals surface area (Å²) in [6, 6.07) is 15.7. The Labute approximate surface area is 146 Å². The van der Waals surface area contributed by atoms with Crippen molar-refractivity contribution in [3.63, 3.8) is 0 Å². The van der Waals surface area contributed by atoms with E-state index < -0.39 is 0 Å². The van der Waals surface area contributed by atoms with Gasteiger partial charge in [-0.1, -0.05) is 30.3 Å². The Morgan fingerprint density at radius 3 is 2.24 bits per heavy atom. The van der Waals surface area contributed by atoms with Crippen LogP contribution in [-0.2, 0) is 9.59 Å². The number of halogens is 1. The number of nitrogens with zero attached hydrogens (tertiary/aromatic N) is 2. The van der Waals surface area contributed by atoms with E-state index in [9.17, 15) is 14.0 Å². The molecule has 1 aliphatic heterocycles. The van der Waals surface area contributed by atoms with E-state index in [-0.39, 0.29) is 24.1 Å². The first-order chi connectivity index (χ1) is 12.1. The van der Waals surface area contributed by atoms with Gasteiger partial charge in [0.1, 0.15) is 12.2 Å². The van der Waals surface area contributed by atoms with E-state index in [0.717, 1.165) is 0 Å². The first-order valence-electron chi connectivity index (χ1n) is 8.25. The number of hydrogen-bond acceptors (Lipinski definition) is 3. The summed E-state index contributed by atoms with van der Waals surface area (Å²) in [5, 5.41) is 2.71. The lowest BCUT2D eigenvalue weighted by Crippen LogP contribution is -2.49. The lowest BCUT2D eigenvalue weighted by atomic mass is 10.2. The van der Waals surface area contributed by atoms with Gasteiger partial charge in [0, 0.05) is 31.9 Å². The zero-order valence-corrected chi connectivity index (χ0v) is 13.8. The van der Waals surface area contributed by atoms with Crippen molar-refractivity contribution in [2.45, 2.75) is 6.42 Å². The average Bonchev–Trinajstić information content (AvgIpc) is 2.63. The highest BCUT2D eigenvalue weighted by molar-refractivity contribution is 6.03. The molecular weight excluding hydrogens is 321 g/mol. The maximum atomic E-state index is 13.8. The molecule has 1 fully saturated rings. The van der Waals surface area contributed by atoms with Crippen molar-refractivity contribution in [1.82, 2.24) is 4.90 Å². The highest BCUT2D eigenvalue weighted by Crippen LogP contribution is 2.20. The molecule has 2 aromatic carbocycles. The van der Waals surface area contributed by atoms with Crippen molar-refractivity contribution in [3.05, 3.63) is 60.4 Å². The molecule has 0 unspecified atom stereocenters. The summed E-state index contributed by atoms with van der Waals surface area (Å²) in [6.07, 6.45) is -0.186. The Morgan fingerprint density at radius 1 is 0.920 bits per heavy atom. The number of piperazine rings is 1. The number of rotatable bonds is 4. The number of carbonyl (C=O) groups is 2. The zero-order chi connectivity index (χ0) is 17.6. The first kappa shape index (κ1) is 17.0. The molecule has 0 aliphatic carbocycles. The third kappa shape index (κ3) is 4.35. The fraction of sp³-hybridized carbons (Fsp3) is 0.263. The minimum Gasteiger partial charge on any atom is -0.366 e. The fourth-order valence-electron chi connectivity index (χ4n) is 2.88. The topological polar surface area (TPSA) is 52.7 Å². The standard InChI is InChI=1S/C19H20FN3O2/c20-16-8-4-5-9-17(16)22-10-12-23(13-11-22)19(25)14-18(24)21-15-6-2-1-3-7-15/h1-9H,10-14H2,(H,21,24). The van der Waals surface area contributed by atoms with Crippen molar-refractivity contribution in [2.24, 2.45) is 0 Å². The summed E-state index contributed by atoms with van der Waals surface area (Å²) in [6.45, 7) is 2.05. The average molecular weight is 341 g/mol. The van der Waals surface area contributed by atoms with Gasteiger partial charge in [-0.15, -0.1) is 0 Å². The number of para-hydroxylation sites is 2. The third-order valence-corrected chi connectivity index (χ3v) is 4.19. The molecule has 6 heteroatoms. The molecule has 1 saturated heterocycles. The number of carbonyl (C=O) groups excluding carboxylic acids is 2. The number of benzene rings is 2. The highest BCUT2D eigenvalue weighted by atomic mass is 19.1. The lowest BCUT2D eigenvalue weighted by Gasteiger charge is -2.36. The Balaban J connectivity index is 1.50. The lowest BCUT2D eigenvalue weighted by molar-refractivity contribution is -0.134. The molecule has 0 spiro atoms. The molecular formula is C19H20FN3O2. The van der Waals surface area contributed by atoms with Crippen LogP contribution in [0.4, 0.5) is 15.8 Å². The minimum atomic E-state index is -0.326. The smallest absolute Gasteiger partial charge is 0.233 e. The van der Waals surface area contributed by atoms with Crippen molar-refractivity contribution in [2.75, 3.05) is 36.4 Å². The molecule has 1 aliphatic rings. The van der Waals surface area contributed by atoms with Crippen LogP contribution in [0.2, 0.25) is 0 Å². The second-order valence-electron chi connectivity index (χ2n) is 5.91. The highest BCUT2D eigenvalue weighted by Gasteiger charge is 2.24. The van der Waals surface area contributed by atoms with Gasteiger partial charge in [0.2, 0.25) is 11.8 Å². The summed E-state index contributed by atoms with van der Waals surface area (Å²) >= 11 is 0. The summed E-state index contributed by atoms with van der Waals surface area (Å²) < 4.78 is 13.8. The minimum absolute atomic E-state index is 0.186. The molecule has 0 bridgehead atoms. The molecule has 130 valence electrons. The van der Waals surface area contributed by atoms with E-state index in [1.54, 1.807) is 35.2 Å². The van der Waals surface area contributed by atoms with Gasteiger partial charge in [-0.3, -0.25) is 9.59 Å². The number of hydrogen-bond donors (Lipinski definition) is 1. The second-order valence-corrected chi connectivity index (χ2v) is 5.91. The summed E-state index contributed by atoms with van der Waals surface area (Å²) in [7, 11) is 0. The Hall–Kier alpha value is -2.89. The van der Waals surface area contributed by atoms with Gasteiger partial charge in [-0.05, 0) is 24.3 Å². The van der Waals surface area contributed by atoms with Crippen LogP contribution in [-0.4, -0.2) is 42.9 Å². The fourth-order valence-corrected chi connectivity index (χ4v) is 2.88. The quantitative estimate of drug-likeness (QED) is 0.870. The molecule has 3 rings (SSSR count). The van der Waals surface area contributed by atoms with E-state index >= 15 is 0 Å². The largest absolute Gasteiger partial charge is 0.366 e. The monoisotopic (exact) mass is 341 g/mol. The zero-order valence-electron chi connectivity index (χ0n) is 13.8. The van der Waals surface area contributed by atoms with Crippen LogP contribution < -0.4 is 10.2 Å². The van der Waals surface area contributed by atoms with Crippen LogP contribution in [0.5, 0.6) is 0 Å². The van der Waals surface area contributed by atoms with Crippen molar-refractivity contribution in [3.8, 4) is 0 Å². The molecule has 0 saturated carbocycles. The number of nitrogens with one attached hydrogen (secondary N) is 1. The van der Waals surface area contributed by atoms with Crippen LogP contribution in [0, 0.1) is 5.82 Å². The molecule has 5 nitrogen and oxygen atoms in total. The second kappa shape index (κ2) is 7.79. The molecule has 2 amide bonds. The van der Waals surface area contributed by atoms with Crippen LogP contribution in [0.25, 0.3) is 0 Å². The summed E-state index contributed by atoms with van der Waals surface area (Å²) in [5.74, 6) is -0.793. The number of amides is 2.